The second-order valence-corrected chi connectivity index (χ2v) is 7.37. The Morgan fingerprint density at radius 2 is 2.00 bits per heavy atom. The lowest BCUT2D eigenvalue weighted by Gasteiger charge is -2.31. The molecule has 19 heavy (non-hydrogen) atoms. The molecule has 3 rings (SSSR count). The van der Waals surface area contributed by atoms with E-state index in [-0.39, 0.29) is 4.90 Å². The Morgan fingerprint density at radius 3 is 2.68 bits per heavy atom. The summed E-state index contributed by atoms with van der Waals surface area (Å²) in [5.41, 5.74) is 0.954. The van der Waals surface area contributed by atoms with Gasteiger partial charge in [-0.25, -0.2) is 4.83 Å². The fourth-order valence-corrected chi connectivity index (χ4v) is 3.55. The van der Waals surface area contributed by atoms with E-state index in [1.807, 2.05) is 0 Å². The zero-order valence-corrected chi connectivity index (χ0v) is 12.5. The number of rotatable bonds is 3. The number of hydrogen-bond acceptors (Lipinski definition) is 3. The van der Waals surface area contributed by atoms with Crippen molar-refractivity contribution in [2.24, 2.45) is 16.9 Å². The maximum atomic E-state index is 12.0. The Labute approximate surface area is 120 Å². The van der Waals surface area contributed by atoms with Gasteiger partial charge in [-0.05, 0) is 43.0 Å². The van der Waals surface area contributed by atoms with Crippen LogP contribution in [-0.4, -0.2) is 14.1 Å². The van der Waals surface area contributed by atoms with E-state index in [2.05, 4.69) is 38.0 Å². The average molecular weight is 341 g/mol. The van der Waals surface area contributed by atoms with Gasteiger partial charge in [-0.3, -0.25) is 0 Å². The third-order valence-electron chi connectivity index (χ3n) is 3.60. The summed E-state index contributed by atoms with van der Waals surface area (Å²) in [5.74, 6) is 0.976. The predicted molar refractivity (Wildman–Crippen MR) is 77.3 cm³/mol. The number of halogens is 1. The lowest BCUT2D eigenvalue weighted by Crippen LogP contribution is -2.35. The molecule has 0 amide bonds. The molecule has 1 aromatic rings. The third kappa shape index (κ3) is 2.47. The molecule has 2 atom stereocenters. The molecule has 0 radical (unpaired) electrons. The number of nitrogens with zero attached hydrogens (tertiary/aromatic N) is 1. The summed E-state index contributed by atoms with van der Waals surface area (Å²) in [6, 6.07) is 6.49. The molecule has 4 nitrogen and oxygen atoms in total. The third-order valence-corrected chi connectivity index (χ3v) is 5.35. The van der Waals surface area contributed by atoms with Gasteiger partial charge in [0.2, 0.25) is 0 Å². The molecule has 0 aromatic heterocycles. The van der Waals surface area contributed by atoms with Crippen LogP contribution in [0.4, 0.5) is 0 Å². The van der Waals surface area contributed by atoms with Crippen LogP contribution in [0.25, 0.3) is 0 Å². The van der Waals surface area contributed by atoms with Crippen molar-refractivity contribution in [2.45, 2.75) is 17.7 Å². The minimum Gasteiger partial charge on any atom is -0.200 e. The molecular formula is C13H13BrN2O2S. The standard InChI is InChI=1S/C13H13BrN2O2S/c14-10-4-6-11(7-5-10)19(17,18)16-15-13-8-9-2-1-3-12(9)13/h1-2,4-7,9,12,16H,3,8H2/b15-13+. The summed E-state index contributed by atoms with van der Waals surface area (Å²) >= 11 is 3.28. The second-order valence-electron chi connectivity index (χ2n) is 4.79. The van der Waals surface area contributed by atoms with Gasteiger partial charge in [0.1, 0.15) is 0 Å². The highest BCUT2D eigenvalue weighted by atomic mass is 79.9. The van der Waals surface area contributed by atoms with E-state index in [1.54, 1.807) is 24.3 Å². The Kier molecular flexibility index (Phi) is 3.22. The van der Waals surface area contributed by atoms with E-state index in [1.165, 1.54) is 0 Å². The van der Waals surface area contributed by atoms with E-state index >= 15 is 0 Å². The van der Waals surface area contributed by atoms with E-state index < -0.39 is 10.0 Å². The smallest absolute Gasteiger partial charge is 0.200 e. The Balaban J connectivity index is 1.72. The van der Waals surface area contributed by atoms with Crippen LogP contribution in [0.3, 0.4) is 0 Å². The van der Waals surface area contributed by atoms with Crippen molar-refractivity contribution < 1.29 is 8.42 Å². The zero-order valence-electron chi connectivity index (χ0n) is 10.1. The van der Waals surface area contributed by atoms with Crippen molar-refractivity contribution >= 4 is 31.7 Å². The molecular weight excluding hydrogens is 328 g/mol. The first-order chi connectivity index (χ1) is 9.06. The molecule has 0 heterocycles. The number of fused-ring (bicyclic) bond motifs is 1. The van der Waals surface area contributed by atoms with Gasteiger partial charge in [-0.2, -0.15) is 13.5 Å². The number of sulfonamides is 1. The highest BCUT2D eigenvalue weighted by molar-refractivity contribution is 9.10. The van der Waals surface area contributed by atoms with Crippen molar-refractivity contribution in [3.8, 4) is 0 Å². The molecule has 0 bridgehead atoms. The quantitative estimate of drug-likeness (QED) is 0.679. The largest absolute Gasteiger partial charge is 0.276 e. The van der Waals surface area contributed by atoms with Crippen molar-refractivity contribution in [1.82, 2.24) is 4.83 Å². The molecule has 1 saturated carbocycles. The maximum absolute atomic E-state index is 12.0. The molecule has 2 aliphatic rings. The van der Waals surface area contributed by atoms with Gasteiger partial charge in [0.15, 0.2) is 0 Å². The summed E-state index contributed by atoms with van der Waals surface area (Å²) in [4.78, 5) is 2.55. The Hall–Kier alpha value is -1.14. The van der Waals surface area contributed by atoms with Gasteiger partial charge < -0.3 is 0 Å². The summed E-state index contributed by atoms with van der Waals surface area (Å²) < 4.78 is 24.9. The minimum atomic E-state index is -3.56. The minimum absolute atomic E-state index is 0.223. The SMILES string of the molecule is O=S(=O)(N/N=C1\CC2C=CCC12)c1ccc(Br)cc1. The molecule has 1 aromatic carbocycles. The van der Waals surface area contributed by atoms with E-state index in [0.29, 0.717) is 11.8 Å². The Morgan fingerprint density at radius 1 is 1.26 bits per heavy atom. The fraction of sp³-hybridized carbons (Fsp3) is 0.308. The molecule has 6 heteroatoms. The molecule has 0 aliphatic heterocycles. The van der Waals surface area contributed by atoms with Crippen LogP contribution < -0.4 is 4.83 Å². The van der Waals surface area contributed by atoms with Gasteiger partial charge in [0.05, 0.1) is 4.90 Å². The van der Waals surface area contributed by atoms with Crippen molar-refractivity contribution in [2.75, 3.05) is 0 Å². The Bertz CT molecular complexity index is 650. The maximum Gasteiger partial charge on any atom is 0.276 e. The van der Waals surface area contributed by atoms with Gasteiger partial charge in [0, 0.05) is 16.1 Å². The average Bonchev–Trinajstić information content (AvgIpc) is 2.72. The van der Waals surface area contributed by atoms with Crippen molar-refractivity contribution in [1.29, 1.82) is 0 Å². The predicted octanol–water partition coefficient (Wildman–Crippen LogP) is 2.68. The highest BCUT2D eigenvalue weighted by Gasteiger charge is 2.38. The van der Waals surface area contributed by atoms with Crippen molar-refractivity contribution in [3.05, 3.63) is 40.9 Å². The van der Waals surface area contributed by atoms with Gasteiger partial charge in [-0.15, -0.1) is 0 Å². The van der Waals surface area contributed by atoms with Crippen molar-refractivity contribution in [3.63, 3.8) is 0 Å². The molecule has 2 unspecified atom stereocenters. The van der Waals surface area contributed by atoms with Crippen LogP contribution in [0.2, 0.25) is 0 Å². The summed E-state index contributed by atoms with van der Waals surface area (Å²) in [5, 5.41) is 4.07. The summed E-state index contributed by atoms with van der Waals surface area (Å²) in [6.45, 7) is 0. The van der Waals surface area contributed by atoms with E-state index in [0.717, 1.165) is 23.0 Å². The second kappa shape index (κ2) is 4.76. The highest BCUT2D eigenvalue weighted by Crippen LogP contribution is 2.40. The summed E-state index contributed by atoms with van der Waals surface area (Å²) in [7, 11) is -3.56. The zero-order chi connectivity index (χ0) is 13.5. The lowest BCUT2D eigenvalue weighted by atomic mass is 9.74. The van der Waals surface area contributed by atoms with Gasteiger partial charge in [0.25, 0.3) is 10.0 Å². The first kappa shape index (κ1) is 12.9. The van der Waals surface area contributed by atoms with Gasteiger partial charge in [-0.1, -0.05) is 28.1 Å². The number of allylic oxidation sites excluding steroid dienone is 2. The molecule has 0 spiro atoms. The first-order valence-electron chi connectivity index (χ1n) is 6.07. The number of benzene rings is 1. The van der Waals surface area contributed by atoms with Crippen LogP contribution in [0.15, 0.2) is 50.9 Å². The van der Waals surface area contributed by atoms with E-state index in [9.17, 15) is 8.42 Å². The molecule has 2 aliphatic carbocycles. The topological polar surface area (TPSA) is 58.5 Å². The number of hydrogen-bond donors (Lipinski definition) is 1. The molecule has 1 fully saturated rings. The summed E-state index contributed by atoms with van der Waals surface area (Å²) in [6.07, 6.45) is 6.17. The normalized spacial score (nSPS) is 27.1. The molecule has 100 valence electrons. The molecule has 0 saturated heterocycles. The van der Waals surface area contributed by atoms with Crippen LogP contribution >= 0.6 is 15.9 Å². The van der Waals surface area contributed by atoms with E-state index in [4.69, 9.17) is 0 Å². The number of nitrogens with one attached hydrogen (secondary N) is 1. The van der Waals surface area contributed by atoms with Gasteiger partial charge >= 0.3 is 0 Å². The van der Waals surface area contributed by atoms with Crippen LogP contribution in [0.5, 0.6) is 0 Å². The fourth-order valence-electron chi connectivity index (χ4n) is 2.45. The lowest BCUT2D eigenvalue weighted by molar-refractivity contribution is 0.463. The number of hydrazone groups is 1. The molecule has 1 N–H and O–H groups in total. The first-order valence-corrected chi connectivity index (χ1v) is 8.34. The van der Waals surface area contributed by atoms with Crippen LogP contribution in [-0.2, 0) is 10.0 Å². The van der Waals surface area contributed by atoms with Crippen LogP contribution in [0.1, 0.15) is 12.8 Å². The van der Waals surface area contributed by atoms with Crippen LogP contribution in [0, 0.1) is 11.8 Å². The monoisotopic (exact) mass is 340 g/mol.